The lowest BCUT2D eigenvalue weighted by Gasteiger charge is -2.32. The first kappa shape index (κ1) is 27.7. The number of hydrogen-bond donors (Lipinski definition) is 4. The van der Waals surface area contributed by atoms with Gasteiger partial charge in [-0.1, -0.05) is 29.8 Å². The molecule has 0 bridgehead atoms. The third-order valence-electron chi connectivity index (χ3n) is 6.15. The topological polar surface area (TPSA) is 127 Å². The van der Waals surface area contributed by atoms with Gasteiger partial charge in [-0.15, -0.1) is 0 Å². The van der Waals surface area contributed by atoms with Crippen molar-refractivity contribution in [3.63, 3.8) is 0 Å². The number of aliphatic hydroxyl groups excluding tert-OH is 1. The molecule has 1 aliphatic rings. The number of benzene rings is 1. The molecule has 1 aromatic carbocycles. The maximum Gasteiger partial charge on any atom is 0.243 e. The van der Waals surface area contributed by atoms with Gasteiger partial charge < -0.3 is 35.3 Å². The largest absolute Gasteiger partial charge is 0.495 e. The molecule has 2 atom stereocenters. The van der Waals surface area contributed by atoms with Gasteiger partial charge in [-0.25, -0.2) is 9.97 Å². The predicted octanol–water partition coefficient (Wildman–Crippen LogP) is 3.90. The minimum atomic E-state index is -0.242. The molecule has 2 aromatic heterocycles. The van der Waals surface area contributed by atoms with Crippen molar-refractivity contribution in [2.75, 3.05) is 51.2 Å². The first-order chi connectivity index (χ1) is 18.4. The Morgan fingerprint density at radius 3 is 2.61 bits per heavy atom. The summed E-state index contributed by atoms with van der Waals surface area (Å²) in [5.41, 5.74) is 0.918. The van der Waals surface area contributed by atoms with E-state index in [9.17, 15) is 9.90 Å². The summed E-state index contributed by atoms with van der Waals surface area (Å²) in [5.74, 6) is 1.61. The summed E-state index contributed by atoms with van der Waals surface area (Å²) in [5, 5.41) is 21.0. The van der Waals surface area contributed by atoms with Crippen LogP contribution in [0.4, 0.5) is 11.6 Å². The maximum atomic E-state index is 11.9. The minimum Gasteiger partial charge on any atom is -0.495 e. The number of aromatic nitrogens is 2. The summed E-state index contributed by atoms with van der Waals surface area (Å²) in [6.45, 7) is 4.65. The van der Waals surface area contributed by atoms with Crippen molar-refractivity contribution in [2.24, 2.45) is 0 Å². The lowest BCUT2D eigenvalue weighted by molar-refractivity contribution is -0.117. The minimum absolute atomic E-state index is 0.0951. The summed E-state index contributed by atoms with van der Waals surface area (Å²) >= 11 is 13.3. The van der Waals surface area contributed by atoms with Crippen LogP contribution in [-0.4, -0.2) is 73.7 Å². The molecular weight excluding hydrogens is 533 g/mol. The number of hydrogen-bond acceptors (Lipinski definition) is 9. The Morgan fingerprint density at radius 2 is 1.95 bits per heavy atom. The average molecular weight is 562 g/mol. The monoisotopic (exact) mass is 561 g/mol. The number of amides is 1. The van der Waals surface area contributed by atoms with Crippen molar-refractivity contribution in [3.05, 3.63) is 47.1 Å². The van der Waals surface area contributed by atoms with Crippen molar-refractivity contribution in [3.8, 4) is 22.8 Å². The van der Waals surface area contributed by atoms with E-state index >= 15 is 0 Å². The highest BCUT2D eigenvalue weighted by Crippen LogP contribution is 2.46. The van der Waals surface area contributed by atoms with Gasteiger partial charge >= 0.3 is 0 Å². The molecular formula is C26H29Cl2N5O5. The summed E-state index contributed by atoms with van der Waals surface area (Å²) < 4.78 is 16.4. The Labute approximate surface area is 230 Å². The van der Waals surface area contributed by atoms with Crippen LogP contribution >= 0.6 is 23.2 Å². The fraction of sp³-hybridized carbons (Fsp3) is 0.346. The van der Waals surface area contributed by atoms with Crippen LogP contribution in [0.1, 0.15) is 6.42 Å². The van der Waals surface area contributed by atoms with E-state index in [-0.39, 0.29) is 41.2 Å². The van der Waals surface area contributed by atoms with Crippen molar-refractivity contribution < 1.29 is 24.1 Å². The Kier molecular flexibility index (Phi) is 9.11. The molecule has 0 aliphatic carbocycles. The van der Waals surface area contributed by atoms with Crippen LogP contribution in [0.5, 0.6) is 11.5 Å². The van der Waals surface area contributed by atoms with Crippen molar-refractivity contribution >= 4 is 51.5 Å². The number of aliphatic hydroxyl groups is 1. The molecule has 0 saturated carbocycles. The van der Waals surface area contributed by atoms with Gasteiger partial charge in [0.25, 0.3) is 0 Å². The average Bonchev–Trinajstić information content (AvgIpc) is 2.93. The highest BCUT2D eigenvalue weighted by atomic mass is 35.5. The fourth-order valence-electron chi connectivity index (χ4n) is 4.26. The quantitative estimate of drug-likeness (QED) is 0.272. The van der Waals surface area contributed by atoms with E-state index in [1.807, 2.05) is 12.1 Å². The number of halogens is 2. The number of rotatable bonds is 10. The van der Waals surface area contributed by atoms with E-state index in [1.54, 1.807) is 12.3 Å². The molecule has 1 amide bonds. The standard InChI is InChI=1S/C26H29Cl2N5O5/c1-4-22(35)32-16-5-8-38-13-18(16)31-21-10-15-14(12-30-21)9-17(33-26(15)29-6-7-34)23-24(27)19(36-2)11-20(37-3)25(23)28/h4,9-12,16,18,34H,1,5-8,13H2,2-3H3,(H,29,33)(H,30,31)(H,32,35)/t16-,18+/m0/s1. The smallest absolute Gasteiger partial charge is 0.243 e. The molecule has 38 heavy (non-hydrogen) atoms. The van der Waals surface area contributed by atoms with E-state index < -0.39 is 0 Å². The molecule has 202 valence electrons. The SMILES string of the molecule is C=CC(=O)N[C@H]1CCOC[C@H]1Nc1cc2c(NCCO)nc(-c3c(Cl)c(OC)cc(OC)c3Cl)cc2cn1. The van der Waals surface area contributed by atoms with Gasteiger partial charge in [-0.3, -0.25) is 4.79 Å². The van der Waals surface area contributed by atoms with Gasteiger partial charge in [-0.2, -0.15) is 0 Å². The first-order valence-electron chi connectivity index (χ1n) is 11.9. The molecule has 4 rings (SSSR count). The summed E-state index contributed by atoms with van der Waals surface area (Å²) in [4.78, 5) is 21.3. The van der Waals surface area contributed by atoms with Crippen molar-refractivity contribution in [1.29, 1.82) is 0 Å². The van der Waals surface area contributed by atoms with Gasteiger partial charge in [0.1, 0.15) is 23.1 Å². The molecule has 10 nitrogen and oxygen atoms in total. The van der Waals surface area contributed by atoms with Crippen LogP contribution in [0.2, 0.25) is 10.0 Å². The number of pyridine rings is 2. The molecule has 1 fully saturated rings. The molecule has 1 saturated heterocycles. The number of methoxy groups -OCH3 is 2. The van der Waals surface area contributed by atoms with Gasteiger partial charge in [0.05, 0.1) is 55.3 Å². The number of fused-ring (bicyclic) bond motifs is 1. The van der Waals surface area contributed by atoms with Crippen LogP contribution in [0.15, 0.2) is 37.1 Å². The zero-order valence-electron chi connectivity index (χ0n) is 21.0. The predicted molar refractivity (Wildman–Crippen MR) is 149 cm³/mol. The number of carbonyl (C=O) groups excluding carboxylic acids is 1. The van der Waals surface area contributed by atoms with Crippen LogP contribution in [0, 0.1) is 0 Å². The van der Waals surface area contributed by atoms with E-state index in [4.69, 9.17) is 42.4 Å². The Bertz CT molecular complexity index is 1310. The summed E-state index contributed by atoms with van der Waals surface area (Å²) in [6.07, 6.45) is 3.61. The Morgan fingerprint density at radius 1 is 1.21 bits per heavy atom. The molecule has 12 heteroatoms. The number of anilines is 2. The lowest BCUT2D eigenvalue weighted by atomic mass is 10.0. The third-order valence-corrected chi connectivity index (χ3v) is 6.90. The van der Waals surface area contributed by atoms with Crippen molar-refractivity contribution in [1.82, 2.24) is 15.3 Å². The normalized spacial score (nSPS) is 17.1. The zero-order chi connectivity index (χ0) is 27.2. The molecule has 0 radical (unpaired) electrons. The van der Waals surface area contributed by atoms with Crippen LogP contribution in [0.3, 0.4) is 0 Å². The van der Waals surface area contributed by atoms with E-state index in [0.717, 1.165) is 10.8 Å². The van der Waals surface area contributed by atoms with Crippen LogP contribution in [-0.2, 0) is 9.53 Å². The Balaban J connectivity index is 1.76. The molecule has 3 aromatic rings. The Hall–Kier alpha value is -3.31. The molecule has 4 N–H and O–H groups in total. The number of nitrogens with one attached hydrogen (secondary N) is 3. The van der Waals surface area contributed by atoms with Crippen LogP contribution in [0.25, 0.3) is 22.0 Å². The first-order valence-corrected chi connectivity index (χ1v) is 12.7. The molecule has 1 aliphatic heterocycles. The third kappa shape index (κ3) is 5.88. The maximum absolute atomic E-state index is 11.9. The number of ether oxygens (including phenoxy) is 3. The van der Waals surface area contributed by atoms with Crippen molar-refractivity contribution in [2.45, 2.75) is 18.5 Å². The summed E-state index contributed by atoms with van der Waals surface area (Å²) in [6, 6.07) is 4.94. The second-order valence-corrected chi connectivity index (χ2v) is 9.27. The van der Waals surface area contributed by atoms with E-state index in [2.05, 4.69) is 27.5 Å². The highest BCUT2D eigenvalue weighted by Gasteiger charge is 2.27. The van der Waals surface area contributed by atoms with Gasteiger partial charge in [0.2, 0.25) is 5.91 Å². The lowest BCUT2D eigenvalue weighted by Crippen LogP contribution is -2.52. The second-order valence-electron chi connectivity index (χ2n) is 8.51. The van der Waals surface area contributed by atoms with E-state index in [1.165, 1.54) is 20.3 Å². The second kappa shape index (κ2) is 12.5. The van der Waals surface area contributed by atoms with Gasteiger partial charge in [0, 0.05) is 41.8 Å². The fourth-order valence-corrected chi connectivity index (χ4v) is 4.95. The number of nitrogens with zero attached hydrogens (tertiary/aromatic N) is 2. The molecule has 0 spiro atoms. The zero-order valence-corrected chi connectivity index (χ0v) is 22.5. The summed E-state index contributed by atoms with van der Waals surface area (Å²) in [7, 11) is 3.01. The highest BCUT2D eigenvalue weighted by molar-refractivity contribution is 6.41. The molecule has 0 unspecified atom stereocenters. The van der Waals surface area contributed by atoms with Gasteiger partial charge in [-0.05, 0) is 24.6 Å². The van der Waals surface area contributed by atoms with E-state index in [0.29, 0.717) is 54.0 Å². The van der Waals surface area contributed by atoms with Crippen LogP contribution < -0.4 is 25.4 Å². The van der Waals surface area contributed by atoms with Gasteiger partial charge in [0.15, 0.2) is 0 Å². The number of carbonyl (C=O) groups is 1. The molecule has 3 heterocycles.